The predicted molar refractivity (Wildman–Crippen MR) is 81.9 cm³/mol. The maximum absolute atomic E-state index is 13.2. The second-order valence-electron chi connectivity index (χ2n) is 4.74. The number of aryl methyl sites for hydroxylation is 1. The molecule has 0 saturated heterocycles. The van der Waals surface area contributed by atoms with Gasteiger partial charge in [0.1, 0.15) is 5.75 Å². The van der Waals surface area contributed by atoms with Gasteiger partial charge in [-0.1, -0.05) is 12.0 Å². The molecular weight excluding hydrogens is 363 g/mol. The number of hydrogen-bond donors (Lipinski definition) is 1. The lowest BCUT2D eigenvalue weighted by molar-refractivity contribution is -0.140. The Morgan fingerprint density at radius 3 is 2.52 bits per heavy atom. The summed E-state index contributed by atoms with van der Waals surface area (Å²) in [7, 11) is -0.909. The molecule has 2 aromatic rings. The molecule has 0 unspecified atom stereocenters. The number of ether oxygens (including phenoxy) is 1. The van der Waals surface area contributed by atoms with Gasteiger partial charge in [-0.25, -0.2) is 0 Å². The van der Waals surface area contributed by atoms with Crippen LogP contribution in [0.15, 0.2) is 21.4 Å². The summed E-state index contributed by atoms with van der Waals surface area (Å²) in [5.74, 6) is -1.12. The first kappa shape index (κ1) is 18.9. The number of halogens is 3. The van der Waals surface area contributed by atoms with E-state index in [1.54, 1.807) is 0 Å². The molecule has 0 aliphatic heterocycles. The van der Waals surface area contributed by atoms with E-state index in [1.165, 1.54) is 13.8 Å². The Morgan fingerprint density at radius 1 is 1.36 bits per heavy atom. The van der Waals surface area contributed by atoms with Crippen molar-refractivity contribution in [3.8, 4) is 5.75 Å². The number of carbonyl (C=O) groups is 1. The summed E-state index contributed by atoms with van der Waals surface area (Å²) in [6.07, 6.45) is -4.74. The second kappa shape index (κ2) is 7.21. The van der Waals surface area contributed by atoms with Crippen molar-refractivity contribution in [3.63, 3.8) is 0 Å². The van der Waals surface area contributed by atoms with Gasteiger partial charge < -0.3 is 9.15 Å². The van der Waals surface area contributed by atoms with Crippen LogP contribution in [0, 0.1) is 6.92 Å². The molecule has 0 spiro atoms. The standard InChI is InChI=1S/C14H14F3N3O4S/c1-4-25(22)11-9(14(15,16)17)6-5-8(10(11)23-3)12(21)18-13-20-19-7(2)24-13/h5-6H,4H2,1-3H3,(H,18,20,21)/t25-/m0/s1. The lowest BCUT2D eigenvalue weighted by Gasteiger charge is -2.17. The third-order valence-electron chi connectivity index (χ3n) is 3.10. The second-order valence-corrected chi connectivity index (χ2v) is 6.41. The first-order chi connectivity index (χ1) is 11.7. The Morgan fingerprint density at radius 2 is 2.04 bits per heavy atom. The minimum Gasteiger partial charge on any atom is -0.495 e. The SMILES string of the molecule is CC[S@](=O)c1c(C(F)(F)F)ccc(C(=O)Nc2nnc(C)o2)c1OC. The zero-order valence-electron chi connectivity index (χ0n) is 13.4. The van der Waals surface area contributed by atoms with Crippen LogP contribution in [-0.4, -0.2) is 33.2 Å². The molecule has 1 heterocycles. The Bertz CT molecular complexity index is 820. The van der Waals surface area contributed by atoms with Gasteiger partial charge in [0.05, 0.1) is 33.9 Å². The van der Waals surface area contributed by atoms with Crippen molar-refractivity contribution < 1.29 is 31.3 Å². The van der Waals surface area contributed by atoms with E-state index in [1.807, 2.05) is 0 Å². The van der Waals surface area contributed by atoms with Gasteiger partial charge in [-0.2, -0.15) is 13.2 Å². The molecule has 0 radical (unpaired) electrons. The monoisotopic (exact) mass is 377 g/mol. The molecule has 7 nitrogen and oxygen atoms in total. The molecule has 1 atom stereocenters. The normalized spacial score (nSPS) is 12.7. The third-order valence-corrected chi connectivity index (χ3v) is 4.49. The topological polar surface area (TPSA) is 94.3 Å². The van der Waals surface area contributed by atoms with E-state index < -0.39 is 39.1 Å². The fraction of sp³-hybridized carbons (Fsp3) is 0.357. The fourth-order valence-corrected chi connectivity index (χ4v) is 3.17. The summed E-state index contributed by atoms with van der Waals surface area (Å²) in [6.45, 7) is 2.97. The molecule has 0 aliphatic rings. The van der Waals surface area contributed by atoms with Crippen molar-refractivity contribution in [2.45, 2.75) is 24.9 Å². The molecule has 0 bridgehead atoms. The summed E-state index contributed by atoms with van der Waals surface area (Å²) in [5.41, 5.74) is -1.35. The van der Waals surface area contributed by atoms with E-state index in [4.69, 9.17) is 9.15 Å². The third kappa shape index (κ3) is 3.98. The van der Waals surface area contributed by atoms with Crippen molar-refractivity contribution in [2.75, 3.05) is 18.2 Å². The van der Waals surface area contributed by atoms with E-state index in [-0.39, 0.29) is 23.2 Å². The van der Waals surface area contributed by atoms with Crippen molar-refractivity contribution in [1.82, 2.24) is 10.2 Å². The van der Waals surface area contributed by atoms with Gasteiger partial charge in [-0.3, -0.25) is 14.3 Å². The number of nitrogens with zero attached hydrogens (tertiary/aromatic N) is 2. The first-order valence-corrected chi connectivity index (χ1v) is 8.29. The zero-order chi connectivity index (χ0) is 18.8. The number of rotatable bonds is 5. The molecule has 0 aliphatic carbocycles. The molecule has 1 aromatic heterocycles. The molecule has 25 heavy (non-hydrogen) atoms. The molecule has 0 fully saturated rings. The van der Waals surface area contributed by atoms with Crippen molar-refractivity contribution >= 4 is 22.7 Å². The first-order valence-electron chi connectivity index (χ1n) is 6.97. The average molecular weight is 377 g/mol. The Hall–Kier alpha value is -2.43. The number of anilines is 1. The van der Waals surface area contributed by atoms with E-state index in [9.17, 15) is 22.2 Å². The van der Waals surface area contributed by atoms with Gasteiger partial charge >= 0.3 is 12.2 Å². The maximum atomic E-state index is 13.2. The quantitative estimate of drug-likeness (QED) is 0.861. The summed E-state index contributed by atoms with van der Waals surface area (Å²) in [6, 6.07) is 1.42. The van der Waals surface area contributed by atoms with Crippen molar-refractivity contribution in [2.24, 2.45) is 0 Å². The number of methoxy groups -OCH3 is 1. The number of benzene rings is 1. The highest BCUT2D eigenvalue weighted by molar-refractivity contribution is 7.85. The van der Waals surface area contributed by atoms with Crippen LogP contribution in [0.4, 0.5) is 19.2 Å². The van der Waals surface area contributed by atoms with Gasteiger partial charge in [-0.15, -0.1) is 5.10 Å². The number of amides is 1. The van der Waals surface area contributed by atoms with E-state index in [2.05, 4.69) is 15.5 Å². The summed E-state index contributed by atoms with van der Waals surface area (Å²) in [4.78, 5) is 11.8. The van der Waals surface area contributed by atoms with Gasteiger partial charge in [0, 0.05) is 12.7 Å². The lowest BCUT2D eigenvalue weighted by Crippen LogP contribution is -2.18. The number of hydrogen-bond acceptors (Lipinski definition) is 6. The smallest absolute Gasteiger partial charge is 0.417 e. The Labute approximate surface area is 143 Å². The Balaban J connectivity index is 2.55. The highest BCUT2D eigenvalue weighted by Crippen LogP contribution is 2.40. The molecule has 1 amide bonds. The van der Waals surface area contributed by atoms with Crippen LogP contribution in [0.2, 0.25) is 0 Å². The van der Waals surface area contributed by atoms with Crippen LogP contribution in [-0.2, 0) is 17.0 Å². The minimum absolute atomic E-state index is 0.0760. The number of aromatic nitrogens is 2. The van der Waals surface area contributed by atoms with Crippen LogP contribution < -0.4 is 10.1 Å². The molecule has 1 aromatic carbocycles. The average Bonchev–Trinajstić information content (AvgIpc) is 2.96. The zero-order valence-corrected chi connectivity index (χ0v) is 14.2. The molecular formula is C14H14F3N3O4S. The van der Waals surface area contributed by atoms with E-state index >= 15 is 0 Å². The minimum atomic E-state index is -4.74. The highest BCUT2D eigenvalue weighted by atomic mass is 32.2. The number of carbonyl (C=O) groups excluding carboxylic acids is 1. The van der Waals surface area contributed by atoms with Crippen LogP contribution in [0.25, 0.3) is 0 Å². The van der Waals surface area contributed by atoms with Gasteiger partial charge in [0.2, 0.25) is 5.89 Å². The highest BCUT2D eigenvalue weighted by Gasteiger charge is 2.38. The summed E-state index contributed by atoms with van der Waals surface area (Å²) >= 11 is 0. The summed E-state index contributed by atoms with van der Waals surface area (Å²) < 4.78 is 61.8. The molecule has 1 N–H and O–H groups in total. The number of alkyl halides is 3. The van der Waals surface area contributed by atoms with Crippen molar-refractivity contribution in [3.05, 3.63) is 29.2 Å². The fourth-order valence-electron chi connectivity index (χ4n) is 2.05. The van der Waals surface area contributed by atoms with Gasteiger partial charge in [0.25, 0.3) is 5.91 Å². The maximum Gasteiger partial charge on any atom is 0.417 e. The molecule has 136 valence electrons. The van der Waals surface area contributed by atoms with E-state index in [0.29, 0.717) is 6.07 Å². The lowest BCUT2D eigenvalue weighted by atomic mass is 10.1. The van der Waals surface area contributed by atoms with Gasteiger partial charge in [0.15, 0.2) is 0 Å². The van der Waals surface area contributed by atoms with E-state index in [0.717, 1.165) is 13.2 Å². The van der Waals surface area contributed by atoms with Crippen LogP contribution in [0.5, 0.6) is 5.75 Å². The van der Waals surface area contributed by atoms with Crippen LogP contribution >= 0.6 is 0 Å². The molecule has 11 heteroatoms. The molecule has 0 saturated carbocycles. The molecule has 2 rings (SSSR count). The predicted octanol–water partition coefficient (Wildman–Crippen LogP) is 2.79. The van der Waals surface area contributed by atoms with Gasteiger partial charge in [-0.05, 0) is 12.1 Å². The summed E-state index contributed by atoms with van der Waals surface area (Å²) in [5, 5.41) is 9.35. The van der Waals surface area contributed by atoms with Crippen LogP contribution in [0.3, 0.4) is 0 Å². The van der Waals surface area contributed by atoms with Crippen molar-refractivity contribution in [1.29, 1.82) is 0 Å². The Kier molecular flexibility index (Phi) is 5.45. The number of nitrogens with one attached hydrogen (secondary N) is 1. The largest absolute Gasteiger partial charge is 0.495 e. The van der Waals surface area contributed by atoms with Crippen LogP contribution in [0.1, 0.15) is 28.7 Å².